The Kier molecular flexibility index (Phi) is 6.22. The number of carbonyl (C=O) groups excluding carboxylic acids is 1. The lowest BCUT2D eigenvalue weighted by Gasteiger charge is -2.14. The fourth-order valence-electron chi connectivity index (χ4n) is 1.65. The summed E-state index contributed by atoms with van der Waals surface area (Å²) in [5.41, 5.74) is 6.39. The Morgan fingerprint density at radius 1 is 1.44 bits per heavy atom. The first kappa shape index (κ1) is 14.5. The predicted molar refractivity (Wildman–Crippen MR) is 72.3 cm³/mol. The van der Waals surface area contributed by atoms with Crippen LogP contribution in [0.2, 0.25) is 0 Å². The summed E-state index contributed by atoms with van der Waals surface area (Å²) in [6.07, 6.45) is 1.13. The van der Waals surface area contributed by atoms with Crippen molar-refractivity contribution < 1.29 is 9.53 Å². The van der Waals surface area contributed by atoms with Gasteiger partial charge in [0.15, 0.2) is 6.10 Å². The van der Waals surface area contributed by atoms with Gasteiger partial charge < -0.3 is 15.8 Å². The molecule has 1 atom stereocenters. The molecule has 1 rings (SSSR count). The van der Waals surface area contributed by atoms with E-state index in [9.17, 15) is 4.79 Å². The molecule has 1 aromatic carbocycles. The number of hydrogen-bond donors (Lipinski definition) is 2. The van der Waals surface area contributed by atoms with Crippen LogP contribution >= 0.6 is 0 Å². The summed E-state index contributed by atoms with van der Waals surface area (Å²) in [5, 5.41) is 3.32. The van der Waals surface area contributed by atoms with Crippen LogP contribution in [0, 0.1) is 0 Å². The van der Waals surface area contributed by atoms with Gasteiger partial charge in [0.2, 0.25) is 0 Å². The molecule has 0 aliphatic rings. The summed E-state index contributed by atoms with van der Waals surface area (Å²) in [5.74, 6) is 0.267. The molecule has 0 aliphatic carbocycles. The molecule has 18 heavy (non-hydrogen) atoms. The number of carbonyl (C=O) groups is 1. The van der Waals surface area contributed by atoms with Crippen molar-refractivity contribution in [2.75, 3.05) is 6.54 Å². The topological polar surface area (TPSA) is 64.3 Å². The highest BCUT2D eigenvalue weighted by Crippen LogP contribution is 2.15. The molecule has 0 aliphatic heterocycles. The molecule has 3 N–H and O–H groups in total. The third kappa shape index (κ3) is 4.75. The second-order valence-electron chi connectivity index (χ2n) is 4.24. The number of nitrogens with two attached hydrogens (primary N) is 1. The molecule has 4 heteroatoms. The molecule has 4 nitrogen and oxygen atoms in total. The molecule has 0 spiro atoms. The number of amides is 1. The van der Waals surface area contributed by atoms with Crippen molar-refractivity contribution in [1.29, 1.82) is 0 Å². The van der Waals surface area contributed by atoms with E-state index < -0.39 is 12.0 Å². The van der Waals surface area contributed by atoms with Gasteiger partial charge in [-0.15, -0.1) is 0 Å². The van der Waals surface area contributed by atoms with E-state index in [1.165, 1.54) is 0 Å². The van der Waals surface area contributed by atoms with Gasteiger partial charge in [-0.2, -0.15) is 0 Å². The van der Waals surface area contributed by atoms with Gasteiger partial charge in [0.05, 0.1) is 0 Å². The van der Waals surface area contributed by atoms with E-state index in [0.29, 0.717) is 12.2 Å². The largest absolute Gasteiger partial charge is 0.481 e. The van der Waals surface area contributed by atoms with Crippen LogP contribution in [0.15, 0.2) is 24.3 Å². The van der Waals surface area contributed by atoms with E-state index in [0.717, 1.165) is 25.1 Å². The van der Waals surface area contributed by atoms with Crippen LogP contribution < -0.4 is 15.8 Å². The molecule has 1 aromatic rings. The van der Waals surface area contributed by atoms with Gasteiger partial charge in [-0.1, -0.05) is 26.0 Å². The van der Waals surface area contributed by atoms with E-state index in [1.807, 2.05) is 31.2 Å². The molecule has 1 amide bonds. The van der Waals surface area contributed by atoms with Crippen LogP contribution in [-0.2, 0) is 11.3 Å². The van der Waals surface area contributed by atoms with Gasteiger partial charge >= 0.3 is 0 Å². The van der Waals surface area contributed by atoms with Crippen molar-refractivity contribution in [3.05, 3.63) is 29.8 Å². The number of benzene rings is 1. The van der Waals surface area contributed by atoms with Crippen LogP contribution in [0.3, 0.4) is 0 Å². The van der Waals surface area contributed by atoms with E-state index in [2.05, 4.69) is 12.2 Å². The third-order valence-electron chi connectivity index (χ3n) is 2.62. The zero-order chi connectivity index (χ0) is 13.4. The van der Waals surface area contributed by atoms with Crippen LogP contribution in [0.4, 0.5) is 0 Å². The summed E-state index contributed by atoms with van der Waals surface area (Å²) in [7, 11) is 0. The molecule has 1 unspecified atom stereocenters. The first-order valence-electron chi connectivity index (χ1n) is 6.43. The van der Waals surface area contributed by atoms with Gasteiger partial charge in [-0.05, 0) is 37.1 Å². The van der Waals surface area contributed by atoms with Gasteiger partial charge in [-0.25, -0.2) is 0 Å². The second-order valence-corrected chi connectivity index (χ2v) is 4.24. The van der Waals surface area contributed by atoms with Crippen LogP contribution in [0.1, 0.15) is 32.3 Å². The number of ether oxygens (including phenoxy) is 1. The van der Waals surface area contributed by atoms with E-state index in [1.54, 1.807) is 0 Å². The van der Waals surface area contributed by atoms with Gasteiger partial charge in [-0.3, -0.25) is 4.79 Å². The van der Waals surface area contributed by atoms with Crippen molar-refractivity contribution >= 4 is 5.91 Å². The van der Waals surface area contributed by atoms with Crippen molar-refractivity contribution in [2.45, 2.75) is 39.3 Å². The van der Waals surface area contributed by atoms with E-state index in [4.69, 9.17) is 10.5 Å². The lowest BCUT2D eigenvalue weighted by atomic mass is 10.2. The summed E-state index contributed by atoms with van der Waals surface area (Å²) < 4.78 is 5.57. The van der Waals surface area contributed by atoms with Gasteiger partial charge in [0.25, 0.3) is 5.91 Å². The Balaban J connectivity index is 2.60. The normalized spacial score (nSPS) is 12.1. The zero-order valence-corrected chi connectivity index (χ0v) is 11.1. The quantitative estimate of drug-likeness (QED) is 0.692. The molecule has 0 aromatic heterocycles. The minimum atomic E-state index is -0.552. The Bertz CT molecular complexity index is 380. The van der Waals surface area contributed by atoms with E-state index in [-0.39, 0.29) is 0 Å². The number of primary amides is 1. The highest BCUT2D eigenvalue weighted by atomic mass is 16.5. The van der Waals surface area contributed by atoms with E-state index >= 15 is 0 Å². The van der Waals surface area contributed by atoms with Gasteiger partial charge in [0.1, 0.15) is 5.75 Å². The molecule has 0 saturated heterocycles. The molecule has 0 bridgehead atoms. The lowest BCUT2D eigenvalue weighted by Crippen LogP contribution is -2.33. The Morgan fingerprint density at radius 2 is 2.22 bits per heavy atom. The number of nitrogens with one attached hydrogen (secondary N) is 1. The third-order valence-corrected chi connectivity index (χ3v) is 2.62. The molecule has 0 fully saturated rings. The van der Waals surface area contributed by atoms with Crippen molar-refractivity contribution in [2.24, 2.45) is 5.73 Å². The molecule has 0 saturated carbocycles. The van der Waals surface area contributed by atoms with Crippen LogP contribution in [0.25, 0.3) is 0 Å². The highest BCUT2D eigenvalue weighted by Gasteiger charge is 2.14. The average Bonchev–Trinajstić information content (AvgIpc) is 2.36. The van der Waals surface area contributed by atoms with Crippen molar-refractivity contribution in [3.8, 4) is 5.75 Å². The summed E-state index contributed by atoms with van der Waals surface area (Å²) in [6, 6.07) is 7.73. The fraction of sp³-hybridized carbons (Fsp3) is 0.500. The van der Waals surface area contributed by atoms with Gasteiger partial charge in [0, 0.05) is 6.54 Å². The zero-order valence-electron chi connectivity index (χ0n) is 11.1. The summed E-state index contributed by atoms with van der Waals surface area (Å²) in [6.45, 7) is 5.80. The van der Waals surface area contributed by atoms with Crippen LogP contribution in [0.5, 0.6) is 5.75 Å². The maximum atomic E-state index is 11.1. The fourth-order valence-corrected chi connectivity index (χ4v) is 1.65. The highest BCUT2D eigenvalue weighted by molar-refractivity contribution is 5.79. The monoisotopic (exact) mass is 250 g/mol. The molecular formula is C14H22N2O2. The number of hydrogen-bond acceptors (Lipinski definition) is 3. The molecule has 0 heterocycles. The minimum absolute atomic E-state index is 0.424. The summed E-state index contributed by atoms with van der Waals surface area (Å²) in [4.78, 5) is 11.1. The first-order valence-corrected chi connectivity index (χ1v) is 6.43. The molecule has 100 valence electrons. The Hall–Kier alpha value is -1.55. The lowest BCUT2D eigenvalue weighted by molar-refractivity contribution is -0.124. The maximum Gasteiger partial charge on any atom is 0.258 e. The molecular weight excluding hydrogens is 228 g/mol. The van der Waals surface area contributed by atoms with Crippen molar-refractivity contribution in [1.82, 2.24) is 5.32 Å². The maximum absolute atomic E-state index is 11.1. The average molecular weight is 250 g/mol. The SMILES string of the molecule is CCCNCc1cccc(OC(CC)C(N)=O)c1. The Morgan fingerprint density at radius 3 is 2.83 bits per heavy atom. The Labute approximate surface area is 109 Å². The second kappa shape index (κ2) is 7.71. The smallest absolute Gasteiger partial charge is 0.258 e. The molecule has 0 radical (unpaired) electrons. The summed E-state index contributed by atoms with van der Waals surface area (Å²) >= 11 is 0. The number of rotatable bonds is 8. The first-order chi connectivity index (χ1) is 8.67. The van der Waals surface area contributed by atoms with Crippen LogP contribution in [-0.4, -0.2) is 18.6 Å². The standard InChI is InChI=1S/C14H22N2O2/c1-3-8-16-10-11-6-5-7-12(9-11)18-13(4-2)14(15)17/h5-7,9,13,16H,3-4,8,10H2,1-2H3,(H2,15,17). The van der Waals surface area contributed by atoms with Crippen molar-refractivity contribution in [3.63, 3.8) is 0 Å². The predicted octanol–water partition coefficient (Wildman–Crippen LogP) is 1.83. The minimum Gasteiger partial charge on any atom is -0.481 e.